The summed E-state index contributed by atoms with van der Waals surface area (Å²) in [6.45, 7) is 7.32. The van der Waals surface area contributed by atoms with Crippen LogP contribution >= 0.6 is 11.6 Å². The number of nitrogens with zero attached hydrogens (tertiary/aromatic N) is 1. The van der Waals surface area contributed by atoms with Crippen molar-refractivity contribution in [3.8, 4) is 11.1 Å². The molecule has 0 aliphatic carbocycles. The van der Waals surface area contributed by atoms with Crippen LogP contribution in [0.5, 0.6) is 0 Å². The molecular formula is C19H17ClFN3O. The topological polar surface area (TPSA) is 68.0 Å². The maximum atomic E-state index is 14.3. The molecule has 128 valence electrons. The van der Waals surface area contributed by atoms with E-state index in [9.17, 15) is 9.18 Å². The minimum atomic E-state index is -0.649. The van der Waals surface area contributed by atoms with Gasteiger partial charge in [-0.3, -0.25) is 4.79 Å². The third kappa shape index (κ3) is 4.78. The van der Waals surface area contributed by atoms with Crippen LogP contribution < -0.4 is 11.1 Å². The van der Waals surface area contributed by atoms with E-state index in [1.54, 1.807) is 36.5 Å². The molecule has 1 aromatic heterocycles. The van der Waals surface area contributed by atoms with Crippen LogP contribution in [-0.4, -0.2) is 17.4 Å². The lowest BCUT2D eigenvalue weighted by atomic mass is 10.0. The Hall–Kier alpha value is -2.92. The lowest BCUT2D eigenvalue weighted by molar-refractivity contribution is 0.0953. The Balaban J connectivity index is 2.18. The summed E-state index contributed by atoms with van der Waals surface area (Å²) >= 11 is 5.69. The van der Waals surface area contributed by atoms with Gasteiger partial charge in [-0.05, 0) is 41.5 Å². The smallest absolute Gasteiger partial charge is 0.254 e. The molecule has 0 fully saturated rings. The number of pyridine rings is 1. The summed E-state index contributed by atoms with van der Waals surface area (Å²) in [6, 6.07) is 7.72. The average molecular weight is 358 g/mol. The van der Waals surface area contributed by atoms with Crippen LogP contribution in [0.1, 0.15) is 10.4 Å². The number of amides is 1. The molecule has 0 bridgehead atoms. The number of hydrogen-bond acceptors (Lipinski definition) is 3. The van der Waals surface area contributed by atoms with Crippen LogP contribution in [-0.2, 0) is 0 Å². The first-order valence-corrected chi connectivity index (χ1v) is 7.76. The minimum absolute atomic E-state index is 0.0701. The molecule has 25 heavy (non-hydrogen) atoms. The number of halogens is 2. The Morgan fingerprint density at radius 2 is 2.16 bits per heavy atom. The third-order valence-corrected chi connectivity index (χ3v) is 3.53. The predicted octanol–water partition coefficient (Wildman–Crippen LogP) is 4.06. The number of allylic oxidation sites excluding steroid dienone is 2. The van der Waals surface area contributed by atoms with Gasteiger partial charge in [0.25, 0.3) is 5.91 Å². The average Bonchev–Trinajstić information content (AvgIpc) is 2.58. The van der Waals surface area contributed by atoms with Crippen molar-refractivity contribution < 1.29 is 9.18 Å². The van der Waals surface area contributed by atoms with Gasteiger partial charge in [-0.25, -0.2) is 9.37 Å². The van der Waals surface area contributed by atoms with E-state index in [0.29, 0.717) is 27.6 Å². The van der Waals surface area contributed by atoms with Crippen molar-refractivity contribution in [2.24, 2.45) is 0 Å². The maximum absolute atomic E-state index is 14.3. The van der Waals surface area contributed by atoms with Gasteiger partial charge in [0.05, 0.1) is 5.56 Å². The van der Waals surface area contributed by atoms with E-state index < -0.39 is 11.7 Å². The molecule has 0 aliphatic rings. The lowest BCUT2D eigenvalue weighted by Crippen LogP contribution is -2.26. The monoisotopic (exact) mass is 357 g/mol. The fraction of sp³-hybridized carbons (Fsp3) is 0.0526. The summed E-state index contributed by atoms with van der Waals surface area (Å²) in [6.07, 6.45) is 4.66. The number of nitrogen functional groups attached to an aromatic ring is 1. The summed E-state index contributed by atoms with van der Waals surface area (Å²) < 4.78 is 14.3. The van der Waals surface area contributed by atoms with Crippen molar-refractivity contribution >= 4 is 23.3 Å². The number of carbonyl (C=O) groups is 1. The highest BCUT2D eigenvalue weighted by Crippen LogP contribution is 2.25. The van der Waals surface area contributed by atoms with E-state index in [0.717, 1.165) is 0 Å². The Bertz CT molecular complexity index is 861. The van der Waals surface area contributed by atoms with Crippen molar-refractivity contribution in [2.75, 3.05) is 12.3 Å². The fourth-order valence-electron chi connectivity index (χ4n) is 2.19. The van der Waals surface area contributed by atoms with Gasteiger partial charge in [-0.2, -0.15) is 0 Å². The molecule has 0 spiro atoms. The zero-order valence-corrected chi connectivity index (χ0v) is 14.2. The molecule has 1 heterocycles. The zero-order valence-electron chi connectivity index (χ0n) is 13.4. The fourth-order valence-corrected chi connectivity index (χ4v) is 2.33. The van der Waals surface area contributed by atoms with E-state index >= 15 is 0 Å². The second-order valence-corrected chi connectivity index (χ2v) is 5.67. The highest BCUT2D eigenvalue weighted by Gasteiger charge is 2.13. The molecule has 4 nitrogen and oxygen atoms in total. The number of anilines is 1. The number of hydrogen-bond donors (Lipinski definition) is 2. The van der Waals surface area contributed by atoms with Crippen LogP contribution in [0.3, 0.4) is 0 Å². The van der Waals surface area contributed by atoms with Crippen LogP contribution in [0.25, 0.3) is 11.1 Å². The molecule has 2 aromatic rings. The largest absolute Gasteiger partial charge is 0.383 e. The second-order valence-electron chi connectivity index (χ2n) is 5.18. The van der Waals surface area contributed by atoms with Crippen LogP contribution in [0.4, 0.5) is 10.2 Å². The number of nitrogens with one attached hydrogen (secondary N) is 1. The van der Waals surface area contributed by atoms with Gasteiger partial charge in [0.1, 0.15) is 11.6 Å². The quantitative estimate of drug-likeness (QED) is 0.766. The first-order chi connectivity index (χ1) is 11.9. The molecule has 0 saturated carbocycles. The van der Waals surface area contributed by atoms with Crippen LogP contribution in [0, 0.1) is 5.82 Å². The van der Waals surface area contributed by atoms with Crippen molar-refractivity contribution in [1.82, 2.24) is 10.3 Å². The van der Waals surface area contributed by atoms with Crippen molar-refractivity contribution in [1.29, 1.82) is 0 Å². The molecule has 0 atom stereocenters. The van der Waals surface area contributed by atoms with Gasteiger partial charge in [0.15, 0.2) is 0 Å². The Morgan fingerprint density at radius 3 is 2.76 bits per heavy atom. The van der Waals surface area contributed by atoms with Crippen LogP contribution in [0.15, 0.2) is 72.4 Å². The Labute approximate surface area is 150 Å². The van der Waals surface area contributed by atoms with Crippen LogP contribution in [0.2, 0.25) is 0 Å². The molecule has 0 aliphatic heterocycles. The molecule has 2 rings (SSSR count). The van der Waals surface area contributed by atoms with E-state index in [2.05, 4.69) is 23.5 Å². The van der Waals surface area contributed by atoms with Gasteiger partial charge >= 0.3 is 0 Å². The number of carbonyl (C=O) groups excluding carboxylic acids is 1. The van der Waals surface area contributed by atoms with Gasteiger partial charge in [0.2, 0.25) is 0 Å². The summed E-state index contributed by atoms with van der Waals surface area (Å²) in [7, 11) is 0. The lowest BCUT2D eigenvalue weighted by Gasteiger charge is -2.09. The van der Waals surface area contributed by atoms with E-state index in [1.165, 1.54) is 12.1 Å². The van der Waals surface area contributed by atoms with E-state index in [4.69, 9.17) is 17.3 Å². The van der Waals surface area contributed by atoms with Gasteiger partial charge in [0, 0.05) is 23.3 Å². The first kappa shape index (κ1) is 18.4. The molecule has 3 N–H and O–H groups in total. The Morgan fingerprint density at radius 1 is 1.40 bits per heavy atom. The summed E-state index contributed by atoms with van der Waals surface area (Å²) in [4.78, 5) is 16.1. The summed E-state index contributed by atoms with van der Waals surface area (Å²) in [5.41, 5.74) is 7.53. The molecule has 6 heteroatoms. The molecule has 1 aromatic carbocycles. The van der Waals surface area contributed by atoms with Crippen molar-refractivity contribution in [2.45, 2.75) is 0 Å². The predicted molar refractivity (Wildman–Crippen MR) is 99.6 cm³/mol. The standard InChI is InChI=1S/C19H17ClFN3O/c1-3-13(9-12(2)20)11-24-19(25)16-7-6-14(10-17(16)21)15-5-4-8-23-18(15)22/h3-10H,1-2,11H2,(H2,22,23)(H,24,25)/b13-9+. The Kier molecular flexibility index (Phi) is 6.08. The molecule has 0 radical (unpaired) electrons. The highest BCUT2D eigenvalue weighted by molar-refractivity contribution is 6.30. The van der Waals surface area contributed by atoms with Gasteiger partial charge < -0.3 is 11.1 Å². The molecule has 0 saturated heterocycles. The molecular weight excluding hydrogens is 341 g/mol. The maximum Gasteiger partial charge on any atom is 0.254 e. The first-order valence-electron chi connectivity index (χ1n) is 7.38. The summed E-state index contributed by atoms with van der Waals surface area (Å²) in [5, 5.41) is 2.93. The number of aromatic nitrogens is 1. The van der Waals surface area contributed by atoms with E-state index in [-0.39, 0.29) is 12.1 Å². The van der Waals surface area contributed by atoms with Gasteiger partial charge in [-0.1, -0.05) is 36.9 Å². The number of rotatable bonds is 6. The summed E-state index contributed by atoms with van der Waals surface area (Å²) in [5.74, 6) is -0.901. The SMILES string of the molecule is C=C/C(=C\C(=C)Cl)CNC(=O)c1ccc(-c2cccnc2N)cc1F. The normalized spacial score (nSPS) is 11.0. The minimum Gasteiger partial charge on any atom is -0.383 e. The zero-order chi connectivity index (χ0) is 18.4. The number of benzene rings is 1. The molecule has 0 unspecified atom stereocenters. The second kappa shape index (κ2) is 8.26. The third-order valence-electron chi connectivity index (χ3n) is 3.42. The van der Waals surface area contributed by atoms with Gasteiger partial charge in [-0.15, -0.1) is 0 Å². The van der Waals surface area contributed by atoms with Crippen molar-refractivity contribution in [3.63, 3.8) is 0 Å². The molecule has 1 amide bonds. The highest BCUT2D eigenvalue weighted by atomic mass is 35.5. The van der Waals surface area contributed by atoms with E-state index in [1.807, 2.05) is 0 Å². The number of nitrogens with two attached hydrogens (primary N) is 1. The van der Waals surface area contributed by atoms with Crippen molar-refractivity contribution in [3.05, 3.63) is 83.8 Å².